The van der Waals surface area contributed by atoms with Crippen LogP contribution < -0.4 is 0 Å². The fraction of sp³-hybridized carbons (Fsp3) is 0.852. The van der Waals surface area contributed by atoms with E-state index in [9.17, 15) is 43.5 Å². The first-order valence-electron chi connectivity index (χ1n) is 31.3. The molecule has 0 saturated heterocycles. The van der Waals surface area contributed by atoms with Crippen molar-refractivity contribution in [2.75, 3.05) is 39.6 Å². The molecule has 0 amide bonds. The number of carbonyl (C=O) groups is 3. The van der Waals surface area contributed by atoms with Crippen LogP contribution in [-0.2, 0) is 55.8 Å². The largest absolute Gasteiger partial charge is 0.472 e. The maximum absolute atomic E-state index is 12.9. The summed E-state index contributed by atoms with van der Waals surface area (Å²) in [5, 5.41) is 20.5. The zero-order chi connectivity index (χ0) is 58.2. The maximum Gasteiger partial charge on any atom is 0.472 e. The molecular weight excluding hydrogens is 1050 g/mol. The van der Waals surface area contributed by atoms with E-state index in [0.717, 1.165) is 116 Å². The molecule has 0 saturated carbocycles. The Kier molecular flexibility index (Phi) is 54.7. The topological polar surface area (TPSA) is 231 Å². The van der Waals surface area contributed by atoms with Crippen LogP contribution in [0.1, 0.15) is 278 Å². The van der Waals surface area contributed by atoms with Gasteiger partial charge in [-0.2, -0.15) is 0 Å². The molecule has 0 aliphatic heterocycles. The molecule has 464 valence electrons. The lowest BCUT2D eigenvalue weighted by Crippen LogP contribution is -2.30. The molecule has 79 heavy (non-hydrogen) atoms. The third kappa shape index (κ3) is 57.4. The molecule has 0 fully saturated rings. The molecule has 0 radical (unpaired) electrons. The first kappa shape index (κ1) is 76.8. The van der Waals surface area contributed by atoms with E-state index in [-0.39, 0.29) is 19.3 Å². The van der Waals surface area contributed by atoms with E-state index in [1.165, 1.54) is 103 Å². The van der Waals surface area contributed by atoms with Gasteiger partial charge in [-0.05, 0) is 96.3 Å². The average molecular weight is 1170 g/mol. The van der Waals surface area contributed by atoms with Gasteiger partial charge < -0.3 is 34.2 Å². The van der Waals surface area contributed by atoms with Crippen LogP contribution in [0.5, 0.6) is 0 Å². The van der Waals surface area contributed by atoms with Crippen LogP contribution in [0, 0.1) is 0 Å². The minimum atomic E-state index is -4.91. The van der Waals surface area contributed by atoms with E-state index in [1.807, 2.05) is 0 Å². The quantitative estimate of drug-likeness (QED) is 0.0146. The summed E-state index contributed by atoms with van der Waals surface area (Å²) >= 11 is 0. The number of aliphatic hydroxyl groups excluding tert-OH is 2. The molecule has 0 heterocycles. The van der Waals surface area contributed by atoms with Gasteiger partial charge in [-0.1, -0.05) is 198 Å². The van der Waals surface area contributed by atoms with Crippen LogP contribution in [0.2, 0.25) is 0 Å². The SMILES string of the molecule is CCCCCC/C=C\CCCCCCCC(=O)OC(COC(=O)CCCCCCC/C=C\CCCCCCCC)COP(=O)(O)OCC(O)COP(=O)(O)OCC(O)COC(=O)CCCCCCC/C=C\CCCCCCCC. The van der Waals surface area contributed by atoms with Crippen molar-refractivity contribution in [1.82, 2.24) is 0 Å². The zero-order valence-corrected chi connectivity index (χ0v) is 51.6. The second-order valence-electron chi connectivity index (χ2n) is 21.2. The molecule has 16 nitrogen and oxygen atoms in total. The Morgan fingerprint density at radius 1 is 0.342 bits per heavy atom. The molecule has 0 aromatic carbocycles. The Labute approximate surface area is 479 Å². The molecule has 18 heteroatoms. The molecule has 5 unspecified atom stereocenters. The van der Waals surface area contributed by atoms with Crippen molar-refractivity contribution in [1.29, 1.82) is 0 Å². The summed E-state index contributed by atoms with van der Waals surface area (Å²) in [4.78, 5) is 58.1. The smallest absolute Gasteiger partial charge is 0.463 e. The van der Waals surface area contributed by atoms with Crippen molar-refractivity contribution in [3.8, 4) is 0 Å². The van der Waals surface area contributed by atoms with Crippen molar-refractivity contribution < 1.29 is 75.8 Å². The summed E-state index contributed by atoms with van der Waals surface area (Å²) in [5.41, 5.74) is 0. The molecule has 0 aliphatic rings. The van der Waals surface area contributed by atoms with Crippen LogP contribution in [0.4, 0.5) is 0 Å². The highest BCUT2D eigenvalue weighted by Crippen LogP contribution is 2.45. The maximum atomic E-state index is 12.9. The van der Waals surface area contributed by atoms with Crippen molar-refractivity contribution in [2.24, 2.45) is 0 Å². The standard InChI is InChI=1S/C61H114O16P2/c1-4-7-10-13-16-19-22-25-27-30-32-35-38-41-44-47-59(64)71-50-56(62)51-73-78(67,68)74-52-57(63)53-75-79(69,70)76-55-58(77-61(66)49-46-43-40-37-34-29-24-21-18-15-12-9-6-3)54-72-60(65)48-45-42-39-36-33-31-28-26-23-20-17-14-11-8-5-2/h21,24-28,56-58,62-63H,4-20,22-23,29-55H2,1-3H3,(H,67,68)(H,69,70)/b24-21-,27-25-,28-26-. The van der Waals surface area contributed by atoms with Crippen LogP contribution in [0.3, 0.4) is 0 Å². The number of hydrogen-bond donors (Lipinski definition) is 4. The van der Waals surface area contributed by atoms with Crippen molar-refractivity contribution >= 4 is 33.6 Å². The van der Waals surface area contributed by atoms with E-state index in [4.69, 9.17) is 32.3 Å². The fourth-order valence-corrected chi connectivity index (χ4v) is 10.0. The number of phosphoric ester groups is 2. The molecule has 0 bridgehead atoms. The van der Waals surface area contributed by atoms with Crippen molar-refractivity contribution in [3.05, 3.63) is 36.5 Å². The minimum Gasteiger partial charge on any atom is -0.463 e. The molecule has 0 aromatic heterocycles. The Balaban J connectivity index is 4.69. The Hall–Kier alpha value is -2.23. The molecule has 0 rings (SSSR count). The van der Waals surface area contributed by atoms with Gasteiger partial charge >= 0.3 is 33.6 Å². The Morgan fingerprint density at radius 2 is 0.595 bits per heavy atom. The normalized spacial score (nSPS) is 14.7. The lowest BCUT2D eigenvalue weighted by molar-refractivity contribution is -0.161. The molecule has 0 aliphatic carbocycles. The number of esters is 3. The van der Waals surface area contributed by atoms with E-state index >= 15 is 0 Å². The number of carbonyl (C=O) groups excluding carboxylic acids is 3. The highest BCUT2D eigenvalue weighted by molar-refractivity contribution is 7.47. The van der Waals surface area contributed by atoms with Gasteiger partial charge in [-0.25, -0.2) is 9.13 Å². The third-order valence-electron chi connectivity index (χ3n) is 13.3. The number of phosphoric acid groups is 2. The van der Waals surface area contributed by atoms with E-state index in [0.29, 0.717) is 19.3 Å². The zero-order valence-electron chi connectivity index (χ0n) is 49.8. The summed E-state index contributed by atoms with van der Waals surface area (Å²) in [6.07, 6.45) is 50.6. The molecule has 4 N–H and O–H groups in total. The first-order chi connectivity index (χ1) is 38.2. The first-order valence-corrected chi connectivity index (χ1v) is 34.3. The summed E-state index contributed by atoms with van der Waals surface area (Å²) in [6.45, 7) is 2.63. The number of ether oxygens (including phenoxy) is 3. The Morgan fingerprint density at radius 3 is 0.937 bits per heavy atom. The average Bonchev–Trinajstić information content (AvgIpc) is 3.42. The van der Waals surface area contributed by atoms with E-state index in [2.05, 4.69) is 57.2 Å². The van der Waals surface area contributed by atoms with Crippen molar-refractivity contribution in [2.45, 2.75) is 296 Å². The van der Waals surface area contributed by atoms with Crippen LogP contribution >= 0.6 is 15.6 Å². The van der Waals surface area contributed by atoms with E-state index in [1.54, 1.807) is 0 Å². The van der Waals surface area contributed by atoms with Crippen LogP contribution in [-0.4, -0.2) is 95.9 Å². The predicted octanol–water partition coefficient (Wildman–Crippen LogP) is 16.3. The second-order valence-corrected chi connectivity index (χ2v) is 24.1. The lowest BCUT2D eigenvalue weighted by atomic mass is 10.1. The van der Waals surface area contributed by atoms with Gasteiger partial charge in [-0.3, -0.25) is 32.5 Å². The molecule has 0 aromatic rings. The summed E-state index contributed by atoms with van der Waals surface area (Å²) in [5.74, 6) is -1.59. The number of allylic oxidation sites excluding steroid dienone is 6. The van der Waals surface area contributed by atoms with Gasteiger partial charge in [0.25, 0.3) is 0 Å². The fourth-order valence-electron chi connectivity index (χ4n) is 8.44. The Bertz CT molecular complexity index is 1610. The third-order valence-corrected chi connectivity index (χ3v) is 15.2. The molecule has 5 atom stereocenters. The van der Waals surface area contributed by atoms with Crippen LogP contribution in [0.25, 0.3) is 0 Å². The highest BCUT2D eigenvalue weighted by Gasteiger charge is 2.29. The minimum absolute atomic E-state index is 0.0968. The summed E-state index contributed by atoms with van der Waals surface area (Å²) < 4.78 is 60.6. The summed E-state index contributed by atoms with van der Waals surface area (Å²) in [7, 11) is -9.75. The number of rotatable bonds is 60. The van der Waals surface area contributed by atoms with Crippen LogP contribution in [0.15, 0.2) is 36.5 Å². The summed E-state index contributed by atoms with van der Waals surface area (Å²) in [6, 6.07) is 0. The van der Waals surface area contributed by atoms with Gasteiger partial charge in [0.05, 0.1) is 26.4 Å². The van der Waals surface area contributed by atoms with Crippen molar-refractivity contribution in [3.63, 3.8) is 0 Å². The van der Waals surface area contributed by atoms with Gasteiger partial charge in [0, 0.05) is 19.3 Å². The predicted molar refractivity (Wildman–Crippen MR) is 316 cm³/mol. The number of hydrogen-bond acceptors (Lipinski definition) is 14. The lowest BCUT2D eigenvalue weighted by Gasteiger charge is -2.21. The molecular formula is C61H114O16P2. The van der Waals surface area contributed by atoms with E-state index < -0.39 is 91.5 Å². The monoisotopic (exact) mass is 1160 g/mol. The number of aliphatic hydroxyl groups is 2. The molecule has 0 spiro atoms. The van der Waals surface area contributed by atoms with Gasteiger partial charge in [0.15, 0.2) is 6.10 Å². The van der Waals surface area contributed by atoms with Gasteiger partial charge in [0.1, 0.15) is 25.4 Å². The van der Waals surface area contributed by atoms with Gasteiger partial charge in [0.2, 0.25) is 0 Å². The number of unbranched alkanes of at least 4 members (excludes halogenated alkanes) is 31. The highest BCUT2D eigenvalue weighted by atomic mass is 31.2. The second kappa shape index (κ2) is 56.3. The van der Waals surface area contributed by atoms with Gasteiger partial charge in [-0.15, -0.1) is 0 Å².